The molecular formula is C14H19N3OS. The van der Waals surface area contributed by atoms with Crippen molar-refractivity contribution in [1.82, 2.24) is 0 Å². The summed E-state index contributed by atoms with van der Waals surface area (Å²) >= 11 is 1.46. The number of thiophene rings is 1. The molecule has 0 saturated heterocycles. The van der Waals surface area contributed by atoms with E-state index in [1.165, 1.54) is 11.3 Å². The number of rotatable bonds is 3. The number of nitrogens with one attached hydrogen (secondary N) is 1. The molecule has 1 heterocycles. The molecule has 1 amide bonds. The van der Waals surface area contributed by atoms with Gasteiger partial charge in [0.2, 0.25) is 5.91 Å². The number of nitrogens with two attached hydrogens (primary N) is 1. The molecule has 5 heteroatoms. The van der Waals surface area contributed by atoms with Gasteiger partial charge < -0.3 is 11.1 Å². The van der Waals surface area contributed by atoms with Crippen molar-refractivity contribution in [3.05, 3.63) is 16.0 Å². The Morgan fingerprint density at radius 2 is 2.11 bits per heavy atom. The van der Waals surface area contributed by atoms with Crippen LogP contribution >= 0.6 is 11.3 Å². The fraction of sp³-hybridized carbons (Fsp3) is 0.571. The summed E-state index contributed by atoms with van der Waals surface area (Å²) in [6, 6.07) is 2.16. The highest BCUT2D eigenvalue weighted by Gasteiger charge is 2.32. The average molecular weight is 277 g/mol. The summed E-state index contributed by atoms with van der Waals surface area (Å²) in [6.07, 6.45) is 4.37. The number of hydrogen-bond acceptors (Lipinski definition) is 4. The highest BCUT2D eigenvalue weighted by atomic mass is 32.1. The van der Waals surface area contributed by atoms with Gasteiger partial charge in [0.05, 0.1) is 5.56 Å². The van der Waals surface area contributed by atoms with Gasteiger partial charge in [-0.15, -0.1) is 11.3 Å². The van der Waals surface area contributed by atoms with Crippen LogP contribution in [0.4, 0.5) is 5.00 Å². The van der Waals surface area contributed by atoms with Crippen molar-refractivity contribution < 1.29 is 4.79 Å². The van der Waals surface area contributed by atoms with E-state index in [0.29, 0.717) is 17.0 Å². The van der Waals surface area contributed by atoms with E-state index in [-0.39, 0.29) is 11.4 Å². The topological polar surface area (TPSA) is 78.9 Å². The molecule has 19 heavy (non-hydrogen) atoms. The Kier molecular flexibility index (Phi) is 3.93. The van der Waals surface area contributed by atoms with E-state index in [9.17, 15) is 4.79 Å². The molecule has 0 aromatic carbocycles. The lowest BCUT2D eigenvalue weighted by Gasteiger charge is -2.22. The third-order valence-electron chi connectivity index (χ3n) is 3.86. The average Bonchev–Trinajstić information content (AvgIpc) is 2.85. The maximum absolute atomic E-state index is 12.1. The first kappa shape index (κ1) is 14.0. The molecule has 0 bridgehead atoms. The fourth-order valence-corrected chi connectivity index (χ4v) is 3.62. The summed E-state index contributed by atoms with van der Waals surface area (Å²) < 4.78 is 0. The summed E-state index contributed by atoms with van der Waals surface area (Å²) in [7, 11) is 0. The van der Waals surface area contributed by atoms with Gasteiger partial charge in [0.15, 0.2) is 0 Å². The van der Waals surface area contributed by atoms with Crippen LogP contribution in [0.3, 0.4) is 0 Å². The van der Waals surface area contributed by atoms with Crippen LogP contribution < -0.4 is 11.1 Å². The second-order valence-corrected chi connectivity index (χ2v) is 6.62. The van der Waals surface area contributed by atoms with E-state index >= 15 is 0 Å². The molecule has 1 aliphatic rings. The predicted molar refractivity (Wildman–Crippen MR) is 77.1 cm³/mol. The van der Waals surface area contributed by atoms with Crippen molar-refractivity contribution in [2.45, 2.75) is 51.5 Å². The number of carbonyl (C=O) groups is 1. The highest BCUT2D eigenvalue weighted by molar-refractivity contribution is 7.16. The van der Waals surface area contributed by atoms with Gasteiger partial charge in [-0.2, -0.15) is 5.26 Å². The summed E-state index contributed by atoms with van der Waals surface area (Å²) in [5.74, 6) is -0.0813. The first-order valence-electron chi connectivity index (χ1n) is 6.54. The van der Waals surface area contributed by atoms with Gasteiger partial charge >= 0.3 is 0 Å². The Morgan fingerprint density at radius 3 is 2.68 bits per heavy atom. The van der Waals surface area contributed by atoms with Crippen LogP contribution in [-0.4, -0.2) is 11.4 Å². The molecule has 0 atom stereocenters. The number of nitrogens with zero attached hydrogens (tertiary/aromatic N) is 1. The molecule has 0 spiro atoms. The summed E-state index contributed by atoms with van der Waals surface area (Å²) in [5, 5.41) is 12.6. The van der Waals surface area contributed by atoms with E-state index in [0.717, 1.165) is 36.1 Å². The van der Waals surface area contributed by atoms with Crippen LogP contribution in [0.1, 0.15) is 48.1 Å². The highest BCUT2D eigenvalue weighted by Crippen LogP contribution is 2.33. The van der Waals surface area contributed by atoms with E-state index in [1.54, 1.807) is 0 Å². The fourth-order valence-electron chi connectivity index (χ4n) is 2.60. The summed E-state index contributed by atoms with van der Waals surface area (Å²) in [4.78, 5) is 13.1. The number of aryl methyl sites for hydroxylation is 1. The maximum Gasteiger partial charge on any atom is 0.226 e. The Morgan fingerprint density at radius 1 is 1.47 bits per heavy atom. The molecule has 3 N–H and O–H groups in total. The summed E-state index contributed by atoms with van der Waals surface area (Å²) in [6.45, 7) is 3.86. The number of nitriles is 1. The van der Waals surface area contributed by atoms with Crippen molar-refractivity contribution in [3.63, 3.8) is 0 Å². The molecule has 2 rings (SSSR count). The molecular weight excluding hydrogens is 258 g/mol. The molecule has 1 aromatic rings. The molecule has 1 fully saturated rings. The van der Waals surface area contributed by atoms with Gasteiger partial charge in [-0.1, -0.05) is 12.8 Å². The Balaban J connectivity index is 2.07. The number of amides is 1. The first-order chi connectivity index (χ1) is 8.95. The second-order valence-electron chi connectivity index (χ2n) is 5.39. The molecule has 102 valence electrons. The van der Waals surface area contributed by atoms with Crippen molar-refractivity contribution in [2.75, 3.05) is 5.32 Å². The normalized spacial score (nSPS) is 17.2. The van der Waals surface area contributed by atoms with E-state index in [2.05, 4.69) is 11.4 Å². The number of carbonyl (C=O) groups excluding carboxylic acids is 1. The Hall–Kier alpha value is -1.38. The first-order valence-corrected chi connectivity index (χ1v) is 7.36. The van der Waals surface area contributed by atoms with Gasteiger partial charge in [0.1, 0.15) is 11.1 Å². The van der Waals surface area contributed by atoms with Crippen LogP contribution in [0.5, 0.6) is 0 Å². The monoisotopic (exact) mass is 277 g/mol. The zero-order chi connectivity index (χ0) is 14.0. The standard InChI is InChI=1S/C14H19N3OS/c1-9-10(2)19-13(11(9)8-15)17-12(18)7-14(16)5-3-4-6-14/h3-7,16H2,1-2H3,(H,17,18). The van der Waals surface area contributed by atoms with Gasteiger partial charge in [0.25, 0.3) is 0 Å². The predicted octanol–water partition coefficient (Wildman–Crippen LogP) is 2.84. The van der Waals surface area contributed by atoms with Gasteiger partial charge in [0, 0.05) is 16.8 Å². The minimum atomic E-state index is -0.349. The summed E-state index contributed by atoms with van der Waals surface area (Å²) in [5.41, 5.74) is 7.38. The van der Waals surface area contributed by atoms with Gasteiger partial charge in [-0.05, 0) is 32.3 Å². The third kappa shape index (κ3) is 2.96. The van der Waals surface area contributed by atoms with Crippen LogP contribution in [0, 0.1) is 25.2 Å². The van der Waals surface area contributed by atoms with Crippen LogP contribution in [0.2, 0.25) is 0 Å². The Bertz CT molecular complexity index is 536. The number of anilines is 1. The van der Waals surface area contributed by atoms with E-state index in [4.69, 9.17) is 11.0 Å². The van der Waals surface area contributed by atoms with Crippen molar-refractivity contribution in [3.8, 4) is 6.07 Å². The smallest absolute Gasteiger partial charge is 0.226 e. The quantitative estimate of drug-likeness (QED) is 0.891. The molecule has 1 aliphatic carbocycles. The minimum absolute atomic E-state index is 0.0813. The molecule has 1 saturated carbocycles. The van der Waals surface area contributed by atoms with E-state index in [1.807, 2.05) is 13.8 Å². The van der Waals surface area contributed by atoms with Crippen LogP contribution in [0.15, 0.2) is 0 Å². The third-order valence-corrected chi connectivity index (χ3v) is 4.98. The lowest BCUT2D eigenvalue weighted by Crippen LogP contribution is -2.40. The van der Waals surface area contributed by atoms with Gasteiger partial charge in [-0.3, -0.25) is 4.79 Å². The molecule has 1 aromatic heterocycles. The SMILES string of the molecule is Cc1sc(NC(=O)CC2(N)CCCC2)c(C#N)c1C. The van der Waals surface area contributed by atoms with Crippen LogP contribution in [-0.2, 0) is 4.79 Å². The molecule has 0 unspecified atom stereocenters. The Labute approximate surface area is 117 Å². The van der Waals surface area contributed by atoms with E-state index < -0.39 is 0 Å². The van der Waals surface area contributed by atoms with Crippen LogP contribution in [0.25, 0.3) is 0 Å². The molecule has 4 nitrogen and oxygen atoms in total. The molecule has 0 aliphatic heterocycles. The zero-order valence-electron chi connectivity index (χ0n) is 11.4. The largest absolute Gasteiger partial charge is 0.325 e. The van der Waals surface area contributed by atoms with Crippen molar-refractivity contribution in [1.29, 1.82) is 5.26 Å². The van der Waals surface area contributed by atoms with Crippen molar-refractivity contribution in [2.24, 2.45) is 5.73 Å². The van der Waals surface area contributed by atoms with Crippen molar-refractivity contribution >= 4 is 22.2 Å². The van der Waals surface area contributed by atoms with Gasteiger partial charge in [-0.25, -0.2) is 0 Å². The lowest BCUT2D eigenvalue weighted by atomic mass is 9.94. The second kappa shape index (κ2) is 5.32. The minimum Gasteiger partial charge on any atom is -0.325 e. The molecule has 0 radical (unpaired) electrons. The lowest BCUT2D eigenvalue weighted by molar-refractivity contribution is -0.117. The zero-order valence-corrected chi connectivity index (χ0v) is 12.2. The number of hydrogen-bond donors (Lipinski definition) is 2. The maximum atomic E-state index is 12.1.